The van der Waals surface area contributed by atoms with Crippen LogP contribution in [0.25, 0.3) is 0 Å². The molecule has 0 amide bonds. The molecule has 1 aliphatic rings. The molecule has 1 heterocycles. The van der Waals surface area contributed by atoms with Gasteiger partial charge < -0.3 is 4.74 Å². The summed E-state index contributed by atoms with van der Waals surface area (Å²) >= 11 is 7.16. The molecule has 1 nitrogen and oxygen atoms in total. The molecule has 0 aromatic heterocycles. The second kappa shape index (κ2) is 4.23. The quantitative estimate of drug-likeness (QED) is 0.398. The molecule has 4 heteroatoms. The normalized spacial score (nSPS) is 24.6. The van der Waals surface area contributed by atoms with Crippen molar-refractivity contribution in [3.63, 3.8) is 0 Å². The zero-order chi connectivity index (χ0) is 10.3. The van der Waals surface area contributed by atoms with E-state index in [0.717, 1.165) is 16.8 Å². The van der Waals surface area contributed by atoms with E-state index in [1.165, 1.54) is 12.7 Å². The molecule has 76 valence electrons. The van der Waals surface area contributed by atoms with Gasteiger partial charge in [-0.05, 0) is 57.3 Å². The van der Waals surface area contributed by atoms with E-state index < -0.39 is 0 Å². The third-order valence-corrected chi connectivity index (χ3v) is 5.60. The third-order valence-electron chi connectivity index (χ3n) is 2.49. The summed E-state index contributed by atoms with van der Waals surface area (Å²) in [5.41, 5.74) is 1.58. The Balaban J connectivity index is 2.60. The van der Waals surface area contributed by atoms with Crippen LogP contribution in [0, 0.1) is 7.14 Å². The fourth-order valence-electron chi connectivity index (χ4n) is 1.58. The zero-order valence-electron chi connectivity index (χ0n) is 7.61. The maximum atomic E-state index is 5.78. The van der Waals surface area contributed by atoms with E-state index in [1.807, 2.05) is 0 Å². The van der Waals surface area contributed by atoms with E-state index >= 15 is 0 Å². The van der Waals surface area contributed by atoms with Crippen molar-refractivity contribution < 1.29 is 4.74 Å². The summed E-state index contributed by atoms with van der Waals surface area (Å²) in [4.78, 5) is 0. The maximum absolute atomic E-state index is 5.78. The maximum Gasteiger partial charge on any atom is 0.136 e. The van der Waals surface area contributed by atoms with Crippen LogP contribution in [0.5, 0.6) is 5.75 Å². The SMILES string of the molecule is CC1(CI)COc2c(I)cc(I)cc21. The Morgan fingerprint density at radius 3 is 2.79 bits per heavy atom. The van der Waals surface area contributed by atoms with Crippen molar-refractivity contribution in [3.05, 3.63) is 24.8 Å². The molecule has 2 rings (SSSR count). The van der Waals surface area contributed by atoms with Gasteiger partial charge in [-0.3, -0.25) is 0 Å². The average molecular weight is 526 g/mol. The zero-order valence-corrected chi connectivity index (χ0v) is 14.1. The lowest BCUT2D eigenvalue weighted by atomic mass is 9.87. The van der Waals surface area contributed by atoms with Crippen LogP contribution in [-0.2, 0) is 5.41 Å². The Labute approximate surface area is 125 Å². The van der Waals surface area contributed by atoms with Crippen LogP contribution < -0.4 is 4.74 Å². The number of fused-ring (bicyclic) bond motifs is 1. The van der Waals surface area contributed by atoms with Crippen LogP contribution in [0.15, 0.2) is 12.1 Å². The highest BCUT2D eigenvalue weighted by molar-refractivity contribution is 14.1. The van der Waals surface area contributed by atoms with Gasteiger partial charge in [0.1, 0.15) is 5.75 Å². The highest BCUT2D eigenvalue weighted by Crippen LogP contribution is 2.43. The molecule has 1 aliphatic heterocycles. The first-order valence-corrected chi connectivity index (χ1v) is 7.93. The fourth-order valence-corrected chi connectivity index (χ4v) is 4.21. The number of rotatable bonds is 1. The molecule has 0 spiro atoms. The fraction of sp³-hybridized carbons (Fsp3) is 0.400. The third kappa shape index (κ3) is 1.90. The summed E-state index contributed by atoms with van der Waals surface area (Å²) in [6, 6.07) is 4.42. The Morgan fingerprint density at radius 2 is 2.14 bits per heavy atom. The minimum atomic E-state index is 0.205. The Hall–Kier alpha value is 1.21. The smallest absolute Gasteiger partial charge is 0.136 e. The van der Waals surface area contributed by atoms with Gasteiger partial charge in [-0.1, -0.05) is 29.5 Å². The summed E-state index contributed by atoms with van der Waals surface area (Å²) in [5, 5.41) is 0. The van der Waals surface area contributed by atoms with Gasteiger partial charge >= 0.3 is 0 Å². The number of benzene rings is 1. The van der Waals surface area contributed by atoms with Crippen LogP contribution in [0.4, 0.5) is 0 Å². The lowest BCUT2D eigenvalue weighted by molar-refractivity contribution is 0.294. The predicted octanol–water partition coefficient (Wildman–Crippen LogP) is 3.98. The topological polar surface area (TPSA) is 9.23 Å². The summed E-state index contributed by atoms with van der Waals surface area (Å²) in [7, 11) is 0. The van der Waals surface area contributed by atoms with Gasteiger partial charge in [0.2, 0.25) is 0 Å². The van der Waals surface area contributed by atoms with Crippen molar-refractivity contribution in [3.8, 4) is 5.75 Å². The highest BCUT2D eigenvalue weighted by Gasteiger charge is 2.36. The molecular weight excluding hydrogens is 517 g/mol. The van der Waals surface area contributed by atoms with Gasteiger partial charge in [0.05, 0.1) is 10.2 Å². The molecule has 0 bridgehead atoms. The summed E-state index contributed by atoms with van der Waals surface area (Å²) in [6.45, 7) is 3.10. The monoisotopic (exact) mass is 526 g/mol. The van der Waals surface area contributed by atoms with Crippen LogP contribution in [0.3, 0.4) is 0 Å². The first-order valence-electron chi connectivity index (χ1n) is 4.25. The second-order valence-corrected chi connectivity index (χ2v) is 6.92. The van der Waals surface area contributed by atoms with Gasteiger partial charge in [-0.2, -0.15) is 0 Å². The van der Waals surface area contributed by atoms with Crippen molar-refractivity contribution in [1.82, 2.24) is 0 Å². The number of hydrogen-bond acceptors (Lipinski definition) is 1. The number of alkyl halides is 1. The first kappa shape index (κ1) is 11.7. The van der Waals surface area contributed by atoms with E-state index in [4.69, 9.17) is 4.74 Å². The van der Waals surface area contributed by atoms with E-state index in [0.29, 0.717) is 0 Å². The van der Waals surface area contributed by atoms with Crippen LogP contribution in [0.2, 0.25) is 0 Å². The summed E-state index contributed by atoms with van der Waals surface area (Å²) in [5.74, 6) is 1.10. The summed E-state index contributed by atoms with van der Waals surface area (Å²) < 4.78 is 9.41. The van der Waals surface area contributed by atoms with E-state index in [-0.39, 0.29) is 5.41 Å². The van der Waals surface area contributed by atoms with Gasteiger partial charge in [-0.15, -0.1) is 0 Å². The van der Waals surface area contributed by atoms with Crippen molar-refractivity contribution in [2.75, 3.05) is 11.0 Å². The first-order chi connectivity index (χ1) is 6.57. The van der Waals surface area contributed by atoms with E-state index in [2.05, 4.69) is 86.8 Å². The molecule has 0 saturated carbocycles. The van der Waals surface area contributed by atoms with E-state index in [1.54, 1.807) is 0 Å². The molecule has 0 N–H and O–H groups in total. The van der Waals surface area contributed by atoms with Crippen molar-refractivity contribution in [1.29, 1.82) is 0 Å². The van der Waals surface area contributed by atoms with Crippen LogP contribution >= 0.6 is 67.8 Å². The largest absolute Gasteiger partial charge is 0.491 e. The van der Waals surface area contributed by atoms with Crippen molar-refractivity contribution in [2.24, 2.45) is 0 Å². The molecule has 0 fully saturated rings. The van der Waals surface area contributed by atoms with Gasteiger partial charge in [0, 0.05) is 19.0 Å². The lowest BCUT2D eigenvalue weighted by Crippen LogP contribution is -2.25. The molecular formula is C10H9I3O. The average Bonchev–Trinajstić information content (AvgIpc) is 2.46. The van der Waals surface area contributed by atoms with Crippen molar-refractivity contribution >= 4 is 67.8 Å². The van der Waals surface area contributed by atoms with Crippen LogP contribution in [-0.4, -0.2) is 11.0 Å². The summed E-state index contributed by atoms with van der Waals surface area (Å²) in [6.07, 6.45) is 0. The molecule has 0 aliphatic carbocycles. The molecule has 14 heavy (non-hydrogen) atoms. The van der Waals surface area contributed by atoms with E-state index in [9.17, 15) is 0 Å². The standard InChI is InChI=1S/C10H9I3O/c1-10(4-11)5-14-9-7(10)2-6(12)3-8(9)13/h2-3H,4-5H2,1H3. The minimum Gasteiger partial charge on any atom is -0.491 e. The molecule has 1 aromatic rings. The molecule has 0 saturated heterocycles. The molecule has 1 unspecified atom stereocenters. The Morgan fingerprint density at radius 1 is 1.43 bits per heavy atom. The second-order valence-electron chi connectivity index (χ2n) is 3.75. The van der Waals surface area contributed by atoms with Gasteiger partial charge in [0.15, 0.2) is 0 Å². The van der Waals surface area contributed by atoms with Gasteiger partial charge in [0.25, 0.3) is 0 Å². The molecule has 1 atom stereocenters. The molecule has 0 radical (unpaired) electrons. The molecule has 1 aromatic carbocycles. The van der Waals surface area contributed by atoms with Gasteiger partial charge in [-0.25, -0.2) is 0 Å². The lowest BCUT2D eigenvalue weighted by Gasteiger charge is -2.19. The number of ether oxygens (including phenoxy) is 1. The number of halogens is 3. The Kier molecular flexibility index (Phi) is 3.53. The predicted molar refractivity (Wildman–Crippen MR) is 83.6 cm³/mol. The number of hydrogen-bond donors (Lipinski definition) is 0. The van der Waals surface area contributed by atoms with Crippen LogP contribution in [0.1, 0.15) is 12.5 Å². The van der Waals surface area contributed by atoms with Crippen molar-refractivity contribution in [2.45, 2.75) is 12.3 Å². The Bertz CT molecular complexity index is 378. The minimum absolute atomic E-state index is 0.205. The highest BCUT2D eigenvalue weighted by atomic mass is 127.